The lowest BCUT2D eigenvalue weighted by atomic mass is 10.0. The lowest BCUT2D eigenvalue weighted by molar-refractivity contribution is -0.142. The van der Waals surface area contributed by atoms with Crippen molar-refractivity contribution in [2.75, 3.05) is 18.2 Å². The zero-order chi connectivity index (χ0) is 15.5. The van der Waals surface area contributed by atoms with Crippen molar-refractivity contribution in [1.29, 1.82) is 0 Å². The number of carbonyl (C=O) groups excluding carboxylic acids is 1. The van der Waals surface area contributed by atoms with Gasteiger partial charge in [0.25, 0.3) is 0 Å². The second-order valence-corrected chi connectivity index (χ2v) is 6.24. The standard InChI is InChI=1S/C12H19N3O4S/c1-7(2)11(12(16)19-3)15-10-5-4-8(6-9(10)13)20(14,17)18/h4-7,11,15H,13H2,1-3H3,(H2,14,17,18). The molecule has 8 heteroatoms. The Bertz CT molecular complexity index is 599. The number of rotatable bonds is 5. The largest absolute Gasteiger partial charge is 0.467 e. The third-order valence-corrected chi connectivity index (χ3v) is 3.70. The van der Waals surface area contributed by atoms with Gasteiger partial charge in [0.05, 0.1) is 23.4 Å². The van der Waals surface area contributed by atoms with Gasteiger partial charge in [-0.25, -0.2) is 18.4 Å². The molecule has 0 aliphatic rings. The zero-order valence-corrected chi connectivity index (χ0v) is 12.4. The Morgan fingerprint density at radius 2 is 1.95 bits per heavy atom. The summed E-state index contributed by atoms with van der Waals surface area (Å²) in [6.07, 6.45) is 0. The van der Waals surface area contributed by atoms with E-state index in [4.69, 9.17) is 15.6 Å². The highest BCUT2D eigenvalue weighted by molar-refractivity contribution is 7.89. The number of ether oxygens (including phenoxy) is 1. The van der Waals surface area contributed by atoms with Crippen LogP contribution in [-0.2, 0) is 19.6 Å². The smallest absolute Gasteiger partial charge is 0.328 e. The molecule has 0 aliphatic carbocycles. The van der Waals surface area contributed by atoms with Crippen molar-refractivity contribution < 1.29 is 17.9 Å². The third-order valence-electron chi connectivity index (χ3n) is 2.78. The summed E-state index contributed by atoms with van der Waals surface area (Å²) in [4.78, 5) is 11.6. The van der Waals surface area contributed by atoms with E-state index in [1.54, 1.807) is 0 Å². The predicted molar refractivity (Wildman–Crippen MR) is 76.5 cm³/mol. The molecule has 1 aromatic rings. The van der Waals surface area contributed by atoms with Crippen LogP contribution < -0.4 is 16.2 Å². The van der Waals surface area contributed by atoms with Crippen LogP contribution in [0.4, 0.5) is 11.4 Å². The molecule has 1 rings (SSSR count). The molecule has 0 heterocycles. The fourth-order valence-corrected chi connectivity index (χ4v) is 2.19. The molecule has 1 atom stereocenters. The highest BCUT2D eigenvalue weighted by Crippen LogP contribution is 2.24. The molecule has 0 fully saturated rings. The summed E-state index contributed by atoms with van der Waals surface area (Å²) in [5.41, 5.74) is 6.41. The van der Waals surface area contributed by atoms with Gasteiger partial charge in [0.2, 0.25) is 10.0 Å². The Labute approximate surface area is 118 Å². The Kier molecular flexibility index (Phi) is 4.96. The van der Waals surface area contributed by atoms with Crippen LogP contribution in [0.5, 0.6) is 0 Å². The molecule has 0 bridgehead atoms. The summed E-state index contributed by atoms with van der Waals surface area (Å²) in [7, 11) is -2.51. The van der Waals surface area contributed by atoms with E-state index in [-0.39, 0.29) is 16.5 Å². The number of benzene rings is 1. The normalized spacial score (nSPS) is 13.1. The average Bonchev–Trinajstić information content (AvgIpc) is 2.34. The number of primary sulfonamides is 1. The maximum atomic E-state index is 11.7. The maximum absolute atomic E-state index is 11.7. The Morgan fingerprint density at radius 3 is 2.35 bits per heavy atom. The van der Waals surface area contributed by atoms with E-state index in [0.717, 1.165) is 0 Å². The first-order valence-electron chi connectivity index (χ1n) is 5.93. The van der Waals surface area contributed by atoms with Crippen molar-refractivity contribution >= 4 is 27.4 Å². The minimum Gasteiger partial charge on any atom is -0.467 e. The van der Waals surface area contributed by atoms with E-state index in [0.29, 0.717) is 5.69 Å². The fraction of sp³-hybridized carbons (Fsp3) is 0.417. The van der Waals surface area contributed by atoms with Gasteiger partial charge in [-0.2, -0.15) is 0 Å². The number of sulfonamides is 1. The van der Waals surface area contributed by atoms with Gasteiger partial charge in [-0.3, -0.25) is 0 Å². The van der Waals surface area contributed by atoms with Gasteiger partial charge >= 0.3 is 5.97 Å². The van der Waals surface area contributed by atoms with E-state index in [1.165, 1.54) is 25.3 Å². The topological polar surface area (TPSA) is 125 Å². The number of nitrogens with two attached hydrogens (primary N) is 2. The summed E-state index contributed by atoms with van der Waals surface area (Å²) in [5.74, 6) is -0.449. The monoisotopic (exact) mass is 301 g/mol. The maximum Gasteiger partial charge on any atom is 0.328 e. The van der Waals surface area contributed by atoms with Crippen molar-refractivity contribution in [2.45, 2.75) is 24.8 Å². The summed E-state index contributed by atoms with van der Waals surface area (Å²) >= 11 is 0. The van der Waals surface area contributed by atoms with Crippen LogP contribution in [-0.4, -0.2) is 27.5 Å². The molecule has 1 aromatic carbocycles. The van der Waals surface area contributed by atoms with Crippen LogP contribution in [0.2, 0.25) is 0 Å². The highest BCUT2D eigenvalue weighted by atomic mass is 32.2. The highest BCUT2D eigenvalue weighted by Gasteiger charge is 2.23. The van der Waals surface area contributed by atoms with Crippen LogP contribution in [0, 0.1) is 5.92 Å². The summed E-state index contributed by atoms with van der Waals surface area (Å²) in [6.45, 7) is 3.70. The Hall–Kier alpha value is -1.80. The number of nitrogens with one attached hydrogen (secondary N) is 1. The van der Waals surface area contributed by atoms with Gasteiger partial charge in [-0.1, -0.05) is 13.8 Å². The first kappa shape index (κ1) is 16.3. The molecule has 0 radical (unpaired) electrons. The molecule has 0 spiro atoms. The van der Waals surface area contributed by atoms with E-state index in [1.807, 2.05) is 13.8 Å². The van der Waals surface area contributed by atoms with Crippen molar-refractivity contribution in [1.82, 2.24) is 0 Å². The van der Waals surface area contributed by atoms with Gasteiger partial charge in [0, 0.05) is 0 Å². The second-order valence-electron chi connectivity index (χ2n) is 4.68. The van der Waals surface area contributed by atoms with Crippen molar-refractivity contribution in [3.63, 3.8) is 0 Å². The van der Waals surface area contributed by atoms with E-state index >= 15 is 0 Å². The van der Waals surface area contributed by atoms with Gasteiger partial charge in [-0.05, 0) is 24.1 Å². The zero-order valence-electron chi connectivity index (χ0n) is 11.6. The quantitative estimate of drug-likeness (QED) is 0.538. The van der Waals surface area contributed by atoms with Crippen LogP contribution in [0.3, 0.4) is 0 Å². The number of hydrogen-bond donors (Lipinski definition) is 3. The minimum absolute atomic E-state index is 0.0280. The number of anilines is 2. The summed E-state index contributed by atoms with van der Waals surface area (Å²) in [6, 6.07) is 3.45. The number of hydrogen-bond acceptors (Lipinski definition) is 6. The summed E-state index contributed by atoms with van der Waals surface area (Å²) < 4.78 is 27.1. The van der Waals surface area contributed by atoms with E-state index < -0.39 is 22.0 Å². The molecular formula is C12H19N3O4S. The van der Waals surface area contributed by atoms with Crippen molar-refractivity contribution in [2.24, 2.45) is 11.1 Å². The molecule has 0 aliphatic heterocycles. The van der Waals surface area contributed by atoms with Crippen LogP contribution in [0.1, 0.15) is 13.8 Å². The van der Waals surface area contributed by atoms with E-state index in [9.17, 15) is 13.2 Å². The first-order chi connectivity index (χ1) is 9.16. The second kappa shape index (κ2) is 6.10. The van der Waals surface area contributed by atoms with Gasteiger partial charge < -0.3 is 15.8 Å². The molecule has 1 unspecified atom stereocenters. The Balaban J connectivity index is 3.06. The van der Waals surface area contributed by atoms with Crippen LogP contribution in [0.15, 0.2) is 23.1 Å². The molecule has 0 aromatic heterocycles. The van der Waals surface area contributed by atoms with Gasteiger partial charge in [0.15, 0.2) is 0 Å². The average molecular weight is 301 g/mol. The molecule has 7 nitrogen and oxygen atoms in total. The third kappa shape index (κ3) is 3.84. The number of methoxy groups -OCH3 is 1. The molecule has 20 heavy (non-hydrogen) atoms. The fourth-order valence-electron chi connectivity index (χ4n) is 1.64. The molecule has 0 saturated heterocycles. The molecule has 112 valence electrons. The molecule has 5 N–H and O–H groups in total. The first-order valence-corrected chi connectivity index (χ1v) is 7.48. The minimum atomic E-state index is -3.81. The van der Waals surface area contributed by atoms with Gasteiger partial charge in [0.1, 0.15) is 6.04 Å². The number of nitrogen functional groups attached to an aromatic ring is 1. The van der Waals surface area contributed by atoms with Crippen LogP contribution in [0.25, 0.3) is 0 Å². The Morgan fingerprint density at radius 1 is 1.35 bits per heavy atom. The molecular weight excluding hydrogens is 282 g/mol. The van der Waals surface area contributed by atoms with Crippen LogP contribution >= 0.6 is 0 Å². The van der Waals surface area contributed by atoms with Crippen molar-refractivity contribution in [3.05, 3.63) is 18.2 Å². The summed E-state index contributed by atoms with van der Waals surface area (Å²) in [5, 5.41) is 7.96. The number of carbonyl (C=O) groups is 1. The molecule has 0 amide bonds. The SMILES string of the molecule is COC(=O)C(Nc1ccc(S(N)(=O)=O)cc1N)C(C)C. The predicted octanol–water partition coefficient (Wildman–Crippen LogP) is 0.526. The lowest BCUT2D eigenvalue weighted by Gasteiger charge is -2.22. The van der Waals surface area contributed by atoms with E-state index in [2.05, 4.69) is 5.32 Å². The lowest BCUT2D eigenvalue weighted by Crippen LogP contribution is -2.35. The number of esters is 1. The molecule has 0 saturated carbocycles. The van der Waals surface area contributed by atoms with Crippen molar-refractivity contribution in [3.8, 4) is 0 Å². The van der Waals surface area contributed by atoms with Gasteiger partial charge in [-0.15, -0.1) is 0 Å².